The summed E-state index contributed by atoms with van der Waals surface area (Å²) in [5, 5.41) is 4.85. The molecule has 3 heteroatoms. The lowest BCUT2D eigenvalue weighted by Gasteiger charge is -2.08. The Morgan fingerprint density at radius 2 is 1.77 bits per heavy atom. The first-order valence-electron chi connectivity index (χ1n) is 7.15. The molecule has 0 aliphatic heterocycles. The Hall–Kier alpha value is -2.68. The highest BCUT2D eigenvalue weighted by molar-refractivity contribution is 5.93. The first-order valence-corrected chi connectivity index (χ1v) is 7.15. The lowest BCUT2D eigenvalue weighted by Crippen LogP contribution is -2.15. The minimum absolute atomic E-state index is 0.219. The van der Waals surface area contributed by atoms with Crippen LogP contribution in [0.1, 0.15) is 11.1 Å². The SMILES string of the molecule is Cc1ccc(NC(=O)Cc2ccc3ccccc3c2)c(F)c1. The van der Waals surface area contributed by atoms with Crippen LogP contribution in [-0.2, 0) is 11.2 Å². The maximum atomic E-state index is 13.7. The second kappa shape index (κ2) is 5.98. The van der Waals surface area contributed by atoms with E-state index in [-0.39, 0.29) is 18.0 Å². The second-order valence-corrected chi connectivity index (χ2v) is 5.39. The van der Waals surface area contributed by atoms with Crippen LogP contribution in [0.3, 0.4) is 0 Å². The van der Waals surface area contributed by atoms with E-state index >= 15 is 0 Å². The van der Waals surface area contributed by atoms with Crippen LogP contribution in [0.25, 0.3) is 10.8 Å². The van der Waals surface area contributed by atoms with E-state index in [1.54, 1.807) is 12.1 Å². The third kappa shape index (κ3) is 3.14. The normalized spacial score (nSPS) is 10.6. The first kappa shape index (κ1) is 14.3. The first-order chi connectivity index (χ1) is 10.6. The zero-order chi connectivity index (χ0) is 15.5. The molecule has 0 saturated heterocycles. The highest BCUT2D eigenvalue weighted by Gasteiger charge is 2.08. The minimum Gasteiger partial charge on any atom is -0.323 e. The molecule has 0 atom stereocenters. The molecule has 0 aromatic heterocycles. The fourth-order valence-electron chi connectivity index (χ4n) is 2.45. The van der Waals surface area contributed by atoms with Gasteiger partial charge in [-0.1, -0.05) is 48.5 Å². The molecule has 0 bridgehead atoms. The predicted octanol–water partition coefficient (Wildman–Crippen LogP) is 4.47. The van der Waals surface area contributed by atoms with Crippen LogP contribution in [0.4, 0.5) is 10.1 Å². The monoisotopic (exact) mass is 293 g/mol. The molecule has 0 aliphatic carbocycles. The standard InChI is InChI=1S/C19H16FNO/c1-13-6-9-18(17(20)10-13)21-19(22)12-14-7-8-15-4-2-3-5-16(15)11-14/h2-11H,12H2,1H3,(H,21,22). The van der Waals surface area contributed by atoms with Crippen LogP contribution in [0, 0.1) is 12.7 Å². The van der Waals surface area contributed by atoms with Gasteiger partial charge in [-0.3, -0.25) is 4.79 Å². The maximum Gasteiger partial charge on any atom is 0.228 e. The van der Waals surface area contributed by atoms with Crippen LogP contribution < -0.4 is 5.32 Å². The molecule has 1 amide bonds. The Kier molecular flexibility index (Phi) is 3.88. The van der Waals surface area contributed by atoms with Crippen molar-refractivity contribution in [3.63, 3.8) is 0 Å². The molecule has 0 heterocycles. The number of carbonyl (C=O) groups excluding carboxylic acids is 1. The summed E-state index contributed by atoms with van der Waals surface area (Å²) in [5.41, 5.74) is 1.95. The van der Waals surface area contributed by atoms with E-state index in [2.05, 4.69) is 5.32 Å². The van der Waals surface area contributed by atoms with Gasteiger partial charge in [0.25, 0.3) is 0 Å². The van der Waals surface area contributed by atoms with E-state index in [4.69, 9.17) is 0 Å². The van der Waals surface area contributed by atoms with E-state index in [1.165, 1.54) is 6.07 Å². The number of aryl methyl sites for hydroxylation is 1. The molecule has 3 rings (SSSR count). The van der Waals surface area contributed by atoms with Crippen molar-refractivity contribution in [2.45, 2.75) is 13.3 Å². The third-order valence-electron chi connectivity index (χ3n) is 3.58. The fourth-order valence-corrected chi connectivity index (χ4v) is 2.45. The van der Waals surface area contributed by atoms with Gasteiger partial charge in [0.1, 0.15) is 5.82 Å². The van der Waals surface area contributed by atoms with Crippen molar-refractivity contribution in [2.24, 2.45) is 0 Å². The number of hydrogen-bond acceptors (Lipinski definition) is 1. The zero-order valence-corrected chi connectivity index (χ0v) is 12.3. The minimum atomic E-state index is -0.410. The van der Waals surface area contributed by atoms with Crippen molar-refractivity contribution in [2.75, 3.05) is 5.32 Å². The summed E-state index contributed by atoms with van der Waals surface area (Å²) in [6, 6.07) is 18.7. The highest BCUT2D eigenvalue weighted by atomic mass is 19.1. The Morgan fingerprint density at radius 3 is 2.55 bits per heavy atom. The van der Waals surface area contributed by atoms with Crippen LogP contribution in [-0.4, -0.2) is 5.91 Å². The summed E-state index contributed by atoms with van der Waals surface area (Å²) >= 11 is 0. The van der Waals surface area contributed by atoms with Crippen LogP contribution in [0.5, 0.6) is 0 Å². The summed E-state index contributed by atoms with van der Waals surface area (Å²) < 4.78 is 13.7. The molecule has 110 valence electrons. The average Bonchev–Trinajstić information content (AvgIpc) is 2.50. The zero-order valence-electron chi connectivity index (χ0n) is 12.3. The van der Waals surface area contributed by atoms with Gasteiger partial charge in [-0.05, 0) is 41.0 Å². The number of hydrogen-bond donors (Lipinski definition) is 1. The van der Waals surface area contributed by atoms with E-state index in [1.807, 2.05) is 49.4 Å². The Bertz CT molecular complexity index is 842. The van der Waals surface area contributed by atoms with Crippen molar-refractivity contribution in [3.8, 4) is 0 Å². The van der Waals surface area contributed by atoms with Gasteiger partial charge in [-0.2, -0.15) is 0 Å². The number of amides is 1. The molecule has 0 aliphatic rings. The van der Waals surface area contributed by atoms with Crippen LogP contribution >= 0.6 is 0 Å². The largest absolute Gasteiger partial charge is 0.323 e. The van der Waals surface area contributed by atoms with Gasteiger partial charge in [0, 0.05) is 0 Å². The molecule has 0 spiro atoms. The molecule has 0 saturated carbocycles. The number of nitrogens with one attached hydrogen (secondary N) is 1. The summed E-state index contributed by atoms with van der Waals surface area (Å²) in [6.07, 6.45) is 0.220. The molecule has 22 heavy (non-hydrogen) atoms. The van der Waals surface area contributed by atoms with Gasteiger partial charge in [-0.25, -0.2) is 4.39 Å². The van der Waals surface area contributed by atoms with E-state index in [0.717, 1.165) is 21.9 Å². The number of benzene rings is 3. The highest BCUT2D eigenvalue weighted by Crippen LogP contribution is 2.18. The Morgan fingerprint density at radius 1 is 1.00 bits per heavy atom. The van der Waals surface area contributed by atoms with Crippen LogP contribution in [0.15, 0.2) is 60.7 Å². The topological polar surface area (TPSA) is 29.1 Å². The van der Waals surface area contributed by atoms with Crippen molar-refractivity contribution < 1.29 is 9.18 Å². The quantitative estimate of drug-likeness (QED) is 0.758. The van der Waals surface area contributed by atoms with Gasteiger partial charge in [0.05, 0.1) is 12.1 Å². The van der Waals surface area contributed by atoms with Gasteiger partial charge in [-0.15, -0.1) is 0 Å². The van der Waals surface area contributed by atoms with E-state index < -0.39 is 5.82 Å². The second-order valence-electron chi connectivity index (χ2n) is 5.39. The van der Waals surface area contributed by atoms with Crippen molar-refractivity contribution in [1.82, 2.24) is 0 Å². The maximum absolute atomic E-state index is 13.7. The number of anilines is 1. The molecule has 0 radical (unpaired) electrons. The number of fused-ring (bicyclic) bond motifs is 1. The lowest BCUT2D eigenvalue weighted by molar-refractivity contribution is -0.115. The summed E-state index contributed by atoms with van der Waals surface area (Å²) in [6.45, 7) is 1.81. The van der Waals surface area contributed by atoms with Crippen molar-refractivity contribution >= 4 is 22.4 Å². The molecular weight excluding hydrogens is 277 g/mol. The van der Waals surface area contributed by atoms with Crippen molar-refractivity contribution in [3.05, 3.63) is 77.6 Å². The molecule has 3 aromatic carbocycles. The van der Waals surface area contributed by atoms with Gasteiger partial charge < -0.3 is 5.32 Å². The molecular formula is C19H16FNO. The lowest BCUT2D eigenvalue weighted by atomic mass is 10.0. The summed E-state index contributed by atoms with van der Waals surface area (Å²) in [7, 11) is 0. The Labute approximate surface area is 128 Å². The molecule has 1 N–H and O–H groups in total. The number of rotatable bonds is 3. The van der Waals surface area contributed by atoms with Crippen LogP contribution in [0.2, 0.25) is 0 Å². The average molecular weight is 293 g/mol. The van der Waals surface area contributed by atoms with Gasteiger partial charge in [0.2, 0.25) is 5.91 Å². The summed E-state index contributed by atoms with van der Waals surface area (Å²) in [4.78, 5) is 12.1. The summed E-state index contributed by atoms with van der Waals surface area (Å²) in [5.74, 6) is -0.634. The third-order valence-corrected chi connectivity index (χ3v) is 3.58. The van der Waals surface area contributed by atoms with Crippen molar-refractivity contribution in [1.29, 1.82) is 0 Å². The Balaban J connectivity index is 1.75. The van der Waals surface area contributed by atoms with E-state index in [0.29, 0.717) is 0 Å². The van der Waals surface area contributed by atoms with Gasteiger partial charge in [0.15, 0.2) is 0 Å². The smallest absolute Gasteiger partial charge is 0.228 e. The van der Waals surface area contributed by atoms with E-state index in [9.17, 15) is 9.18 Å². The fraction of sp³-hybridized carbons (Fsp3) is 0.105. The predicted molar refractivity (Wildman–Crippen MR) is 87.4 cm³/mol. The number of carbonyl (C=O) groups is 1. The molecule has 3 aromatic rings. The molecule has 0 fully saturated rings. The number of halogens is 1. The van der Waals surface area contributed by atoms with Gasteiger partial charge >= 0.3 is 0 Å². The molecule has 2 nitrogen and oxygen atoms in total. The molecule has 0 unspecified atom stereocenters.